The lowest BCUT2D eigenvalue weighted by molar-refractivity contribution is 0.207. The molecule has 5 nitrogen and oxygen atoms in total. The van der Waals surface area contributed by atoms with Crippen LogP contribution in [-0.2, 0) is 4.74 Å². The maximum Gasteiger partial charge on any atom is 0.194 e. The summed E-state index contributed by atoms with van der Waals surface area (Å²) in [7, 11) is 1.71. The van der Waals surface area contributed by atoms with Crippen LogP contribution < -0.4 is 10.2 Å². The molecule has 6 heteroatoms. The summed E-state index contributed by atoms with van der Waals surface area (Å²) in [5.41, 5.74) is 4.12. The summed E-state index contributed by atoms with van der Waals surface area (Å²) in [4.78, 5) is 9.48. The van der Waals surface area contributed by atoms with Crippen molar-refractivity contribution in [2.75, 3.05) is 57.9 Å². The Bertz CT molecular complexity index is 528. The molecular weight excluding hydrogens is 415 g/mol. The third kappa shape index (κ3) is 5.51. The summed E-state index contributed by atoms with van der Waals surface area (Å²) < 4.78 is 5.10. The first-order valence-corrected chi connectivity index (χ1v) is 8.50. The van der Waals surface area contributed by atoms with Gasteiger partial charge in [-0.25, -0.2) is 0 Å². The minimum Gasteiger partial charge on any atom is -0.383 e. The number of ether oxygens (including phenoxy) is 1. The van der Waals surface area contributed by atoms with Crippen molar-refractivity contribution in [3.63, 3.8) is 0 Å². The van der Waals surface area contributed by atoms with Gasteiger partial charge in [0.15, 0.2) is 5.96 Å². The van der Waals surface area contributed by atoms with Crippen molar-refractivity contribution in [1.29, 1.82) is 0 Å². The molecule has 136 valence electrons. The number of aryl methyl sites for hydroxylation is 1. The van der Waals surface area contributed by atoms with Gasteiger partial charge in [0.25, 0.3) is 0 Å². The fourth-order valence-corrected chi connectivity index (χ4v) is 2.91. The average Bonchev–Trinajstić information content (AvgIpc) is 2.57. The summed E-state index contributed by atoms with van der Waals surface area (Å²) in [6.07, 6.45) is 0. The highest BCUT2D eigenvalue weighted by atomic mass is 127. The van der Waals surface area contributed by atoms with Crippen molar-refractivity contribution >= 4 is 35.6 Å². The van der Waals surface area contributed by atoms with Gasteiger partial charge in [-0.1, -0.05) is 12.1 Å². The molecule has 0 unspecified atom stereocenters. The lowest BCUT2D eigenvalue weighted by Crippen LogP contribution is -2.52. The SMILES string of the molecule is CCNC(=NCCOC)N1CCN(c2cccc(C)c2C)CC1.I. The van der Waals surface area contributed by atoms with Crippen LogP contribution in [-0.4, -0.2) is 63.8 Å². The maximum atomic E-state index is 5.10. The Kier molecular flexibility index (Phi) is 9.43. The molecule has 0 aromatic heterocycles. The van der Waals surface area contributed by atoms with Crippen molar-refractivity contribution in [3.05, 3.63) is 29.3 Å². The van der Waals surface area contributed by atoms with E-state index < -0.39 is 0 Å². The van der Waals surface area contributed by atoms with Gasteiger partial charge in [-0.3, -0.25) is 4.99 Å². The number of nitrogens with zero attached hydrogens (tertiary/aromatic N) is 3. The summed E-state index contributed by atoms with van der Waals surface area (Å²) >= 11 is 0. The molecule has 0 aliphatic carbocycles. The van der Waals surface area contributed by atoms with Crippen LogP contribution >= 0.6 is 24.0 Å². The minimum atomic E-state index is 0. The smallest absolute Gasteiger partial charge is 0.194 e. The fourth-order valence-electron chi connectivity index (χ4n) is 2.91. The van der Waals surface area contributed by atoms with E-state index in [4.69, 9.17) is 4.74 Å². The van der Waals surface area contributed by atoms with E-state index in [2.05, 4.69) is 59.1 Å². The van der Waals surface area contributed by atoms with Gasteiger partial charge in [0.2, 0.25) is 0 Å². The predicted octanol–water partition coefficient (Wildman–Crippen LogP) is 2.66. The standard InChI is InChI=1S/C18H30N4O.HI/c1-5-19-18(20-9-14-23-4)22-12-10-21(11-13-22)17-8-6-7-15(2)16(17)3;/h6-8H,5,9-14H2,1-4H3,(H,19,20);1H. The molecule has 1 aliphatic heterocycles. The van der Waals surface area contributed by atoms with Crippen molar-refractivity contribution in [2.24, 2.45) is 4.99 Å². The first-order valence-electron chi connectivity index (χ1n) is 8.50. The highest BCUT2D eigenvalue weighted by Gasteiger charge is 2.20. The molecule has 1 fully saturated rings. The van der Waals surface area contributed by atoms with E-state index in [1.165, 1.54) is 16.8 Å². The highest BCUT2D eigenvalue weighted by Crippen LogP contribution is 2.23. The Morgan fingerprint density at radius 1 is 1.21 bits per heavy atom. The van der Waals surface area contributed by atoms with Gasteiger partial charge in [-0.15, -0.1) is 24.0 Å². The number of benzene rings is 1. The zero-order valence-electron chi connectivity index (χ0n) is 15.3. The lowest BCUT2D eigenvalue weighted by Gasteiger charge is -2.38. The Hall–Kier alpha value is -1.02. The number of nitrogens with one attached hydrogen (secondary N) is 1. The second kappa shape index (κ2) is 10.8. The Morgan fingerprint density at radius 2 is 1.92 bits per heavy atom. The number of halogens is 1. The van der Waals surface area contributed by atoms with Crippen LogP contribution in [0.1, 0.15) is 18.1 Å². The molecule has 0 radical (unpaired) electrons. The predicted molar refractivity (Wildman–Crippen MR) is 113 cm³/mol. The van der Waals surface area contributed by atoms with Gasteiger partial charge in [0.1, 0.15) is 0 Å². The monoisotopic (exact) mass is 446 g/mol. The zero-order chi connectivity index (χ0) is 16.7. The second-order valence-electron chi connectivity index (χ2n) is 5.92. The van der Waals surface area contributed by atoms with E-state index in [1.54, 1.807) is 7.11 Å². The van der Waals surface area contributed by atoms with Crippen LogP contribution in [0.4, 0.5) is 5.69 Å². The third-order valence-electron chi connectivity index (χ3n) is 4.39. The first-order chi connectivity index (χ1) is 11.2. The van der Waals surface area contributed by atoms with E-state index in [-0.39, 0.29) is 24.0 Å². The van der Waals surface area contributed by atoms with E-state index in [0.717, 1.165) is 38.7 Å². The highest BCUT2D eigenvalue weighted by molar-refractivity contribution is 14.0. The summed E-state index contributed by atoms with van der Waals surface area (Å²) in [6, 6.07) is 6.57. The normalized spacial score (nSPS) is 15.2. The number of aliphatic imine (C=N–C) groups is 1. The van der Waals surface area contributed by atoms with E-state index in [9.17, 15) is 0 Å². The number of guanidine groups is 1. The molecule has 24 heavy (non-hydrogen) atoms. The fraction of sp³-hybridized carbons (Fsp3) is 0.611. The molecular formula is C18H31IN4O. The number of piperazine rings is 1. The number of hydrogen-bond acceptors (Lipinski definition) is 3. The second-order valence-corrected chi connectivity index (χ2v) is 5.92. The van der Waals surface area contributed by atoms with Crippen molar-refractivity contribution in [3.8, 4) is 0 Å². The van der Waals surface area contributed by atoms with Crippen LogP contribution in [0, 0.1) is 13.8 Å². The Balaban J connectivity index is 0.00000288. The molecule has 0 bridgehead atoms. The van der Waals surface area contributed by atoms with Crippen molar-refractivity contribution in [1.82, 2.24) is 10.2 Å². The van der Waals surface area contributed by atoms with Gasteiger partial charge >= 0.3 is 0 Å². The molecule has 0 amide bonds. The summed E-state index contributed by atoms with van der Waals surface area (Å²) in [5.74, 6) is 1.00. The maximum absolute atomic E-state index is 5.10. The number of anilines is 1. The topological polar surface area (TPSA) is 40.1 Å². The average molecular weight is 446 g/mol. The molecule has 1 N–H and O–H groups in total. The number of methoxy groups -OCH3 is 1. The van der Waals surface area contributed by atoms with Gasteiger partial charge in [0, 0.05) is 45.5 Å². The minimum absolute atomic E-state index is 0. The number of rotatable bonds is 5. The van der Waals surface area contributed by atoms with E-state index in [1.807, 2.05) is 0 Å². The quantitative estimate of drug-likeness (QED) is 0.327. The van der Waals surface area contributed by atoms with Crippen LogP contribution in [0.5, 0.6) is 0 Å². The third-order valence-corrected chi connectivity index (χ3v) is 4.39. The van der Waals surface area contributed by atoms with Gasteiger partial charge in [-0.2, -0.15) is 0 Å². The molecule has 1 aromatic carbocycles. The number of hydrogen-bond donors (Lipinski definition) is 1. The van der Waals surface area contributed by atoms with Crippen LogP contribution in [0.2, 0.25) is 0 Å². The van der Waals surface area contributed by atoms with E-state index >= 15 is 0 Å². The first kappa shape index (κ1) is 21.0. The van der Waals surface area contributed by atoms with Crippen molar-refractivity contribution in [2.45, 2.75) is 20.8 Å². The van der Waals surface area contributed by atoms with Crippen LogP contribution in [0.25, 0.3) is 0 Å². The molecule has 0 spiro atoms. The Morgan fingerprint density at radius 3 is 2.54 bits per heavy atom. The van der Waals surface area contributed by atoms with Crippen LogP contribution in [0.15, 0.2) is 23.2 Å². The molecule has 1 saturated heterocycles. The van der Waals surface area contributed by atoms with Crippen molar-refractivity contribution < 1.29 is 4.74 Å². The van der Waals surface area contributed by atoms with Gasteiger partial charge < -0.3 is 19.9 Å². The zero-order valence-corrected chi connectivity index (χ0v) is 17.7. The summed E-state index contributed by atoms with van der Waals surface area (Å²) in [5, 5.41) is 3.39. The van der Waals surface area contributed by atoms with Gasteiger partial charge in [-0.05, 0) is 38.0 Å². The molecule has 0 saturated carbocycles. The lowest BCUT2D eigenvalue weighted by atomic mass is 10.1. The molecule has 1 aliphatic rings. The summed E-state index contributed by atoms with van der Waals surface area (Å²) in [6.45, 7) is 12.8. The Labute approximate surface area is 163 Å². The van der Waals surface area contributed by atoms with Crippen LogP contribution in [0.3, 0.4) is 0 Å². The molecule has 2 rings (SSSR count). The molecule has 1 aromatic rings. The molecule has 1 heterocycles. The largest absolute Gasteiger partial charge is 0.383 e. The van der Waals surface area contributed by atoms with E-state index in [0.29, 0.717) is 13.2 Å². The molecule has 0 atom stereocenters. The van der Waals surface area contributed by atoms with Gasteiger partial charge in [0.05, 0.1) is 13.2 Å².